The maximum Gasteiger partial charge on any atom is 0.262 e. The second-order valence-electron chi connectivity index (χ2n) is 16.0. The number of hydrogen-bond acceptors (Lipinski definition) is 11. The van der Waals surface area contributed by atoms with Gasteiger partial charge in [-0.2, -0.15) is 0 Å². The van der Waals surface area contributed by atoms with E-state index in [0.29, 0.717) is 30.7 Å². The lowest BCUT2D eigenvalue weighted by Gasteiger charge is -2.54. The van der Waals surface area contributed by atoms with E-state index < -0.39 is 29.7 Å². The molecule has 286 valence electrons. The van der Waals surface area contributed by atoms with Crippen molar-refractivity contribution in [3.05, 3.63) is 113 Å². The molecule has 4 aromatic rings. The van der Waals surface area contributed by atoms with E-state index in [0.717, 1.165) is 65.4 Å². The number of amides is 5. The number of anilines is 2. The van der Waals surface area contributed by atoms with Crippen LogP contribution in [0.4, 0.5) is 11.6 Å². The third-order valence-electron chi connectivity index (χ3n) is 11.7. The highest BCUT2D eigenvalue weighted by Crippen LogP contribution is 2.39. The number of nitrogens with one attached hydrogen (secondary N) is 2. The van der Waals surface area contributed by atoms with Crippen molar-refractivity contribution in [2.45, 2.75) is 50.8 Å². The summed E-state index contributed by atoms with van der Waals surface area (Å²) in [6.07, 6.45) is 1.94. The molecule has 1 atom stereocenters. The minimum absolute atomic E-state index is 0.0637. The molecule has 4 saturated heterocycles. The largest absolute Gasteiger partial charge is 0.487 e. The van der Waals surface area contributed by atoms with Crippen LogP contribution in [0.5, 0.6) is 5.75 Å². The van der Waals surface area contributed by atoms with E-state index in [1.165, 1.54) is 0 Å². The molecule has 5 aliphatic rings. The van der Waals surface area contributed by atoms with E-state index in [9.17, 15) is 24.0 Å². The fraction of sp³-hybridized carbons (Fsp3) is 0.357. The Balaban J connectivity index is 0.764. The molecule has 0 aliphatic carbocycles. The van der Waals surface area contributed by atoms with Gasteiger partial charge < -0.3 is 24.6 Å². The van der Waals surface area contributed by atoms with Gasteiger partial charge in [0.15, 0.2) is 0 Å². The van der Waals surface area contributed by atoms with Crippen LogP contribution in [0.2, 0.25) is 0 Å². The normalized spacial score (nSPS) is 20.2. The zero-order valence-corrected chi connectivity index (χ0v) is 31.1. The van der Waals surface area contributed by atoms with E-state index in [1.807, 2.05) is 47.4 Å². The van der Waals surface area contributed by atoms with Crippen molar-refractivity contribution in [2.24, 2.45) is 5.41 Å². The van der Waals surface area contributed by atoms with Gasteiger partial charge in [0.1, 0.15) is 18.4 Å². The topological polar surface area (TPSA) is 163 Å². The Morgan fingerprint density at radius 2 is 1.61 bits per heavy atom. The Hall–Kier alpha value is -6.15. The monoisotopic (exact) mass is 755 g/mol. The van der Waals surface area contributed by atoms with Crippen LogP contribution in [0.3, 0.4) is 0 Å². The number of benzene rings is 3. The van der Waals surface area contributed by atoms with Gasteiger partial charge in [-0.15, -0.1) is 0 Å². The first-order valence-electron chi connectivity index (χ1n) is 18.9. The molecule has 5 amide bonds. The van der Waals surface area contributed by atoms with Gasteiger partial charge >= 0.3 is 0 Å². The molecule has 1 aromatic heterocycles. The number of imide groups is 2. The molecule has 5 aliphatic heterocycles. The van der Waals surface area contributed by atoms with Gasteiger partial charge in [-0.1, -0.05) is 38.1 Å². The summed E-state index contributed by atoms with van der Waals surface area (Å²) in [7, 11) is 0. The molecule has 1 unspecified atom stereocenters. The molecule has 14 heteroatoms. The van der Waals surface area contributed by atoms with Crippen molar-refractivity contribution in [1.29, 1.82) is 0 Å². The predicted molar refractivity (Wildman–Crippen MR) is 203 cm³/mol. The average Bonchev–Trinajstić information content (AvgIpc) is 3.39. The maximum atomic E-state index is 13.2. The number of carbonyl (C=O) groups excluding carboxylic acids is 5. The number of ether oxygens (including phenoxy) is 2. The van der Waals surface area contributed by atoms with E-state index in [1.54, 1.807) is 24.4 Å². The molecule has 0 radical (unpaired) electrons. The third-order valence-corrected chi connectivity index (χ3v) is 11.7. The molecule has 6 heterocycles. The summed E-state index contributed by atoms with van der Waals surface area (Å²) in [5.74, 6) is -0.841. The van der Waals surface area contributed by atoms with Gasteiger partial charge in [0.05, 0.1) is 41.5 Å². The van der Waals surface area contributed by atoms with Gasteiger partial charge in [0.2, 0.25) is 17.8 Å². The zero-order chi connectivity index (χ0) is 38.8. The Morgan fingerprint density at radius 3 is 2.29 bits per heavy atom. The van der Waals surface area contributed by atoms with Gasteiger partial charge in [-0.25, -0.2) is 9.97 Å². The van der Waals surface area contributed by atoms with Gasteiger partial charge in [-0.3, -0.25) is 34.2 Å². The van der Waals surface area contributed by atoms with Crippen LogP contribution < -0.4 is 25.2 Å². The van der Waals surface area contributed by atoms with Crippen molar-refractivity contribution < 1.29 is 33.4 Å². The molecule has 3 aromatic carbocycles. The Bertz CT molecular complexity index is 2260. The average molecular weight is 756 g/mol. The minimum atomic E-state index is -1.01. The number of piperidine rings is 1. The zero-order valence-electron chi connectivity index (χ0n) is 31.1. The summed E-state index contributed by atoms with van der Waals surface area (Å²) < 4.78 is 11.5. The fourth-order valence-corrected chi connectivity index (χ4v) is 8.13. The highest BCUT2D eigenvalue weighted by atomic mass is 16.5. The summed E-state index contributed by atoms with van der Waals surface area (Å²) in [5, 5.41) is 5.30. The number of aromatic nitrogens is 2. The number of rotatable bonds is 10. The molecular formula is C42H41N7O7. The second kappa shape index (κ2) is 13.6. The van der Waals surface area contributed by atoms with Crippen LogP contribution in [-0.2, 0) is 26.3 Å². The van der Waals surface area contributed by atoms with E-state index in [4.69, 9.17) is 14.5 Å². The van der Waals surface area contributed by atoms with Crippen molar-refractivity contribution >= 4 is 41.2 Å². The van der Waals surface area contributed by atoms with Gasteiger partial charge in [0.25, 0.3) is 17.7 Å². The number of nitrogens with zero attached hydrogens (tertiary/aromatic N) is 5. The minimum Gasteiger partial charge on any atom is -0.487 e. The summed E-state index contributed by atoms with van der Waals surface area (Å²) >= 11 is 0. The molecule has 0 saturated carbocycles. The highest BCUT2D eigenvalue weighted by molar-refractivity contribution is 6.23. The molecule has 0 bridgehead atoms. The van der Waals surface area contributed by atoms with Crippen LogP contribution in [0.1, 0.15) is 74.6 Å². The molecule has 56 heavy (non-hydrogen) atoms. The van der Waals surface area contributed by atoms with Crippen LogP contribution >= 0.6 is 0 Å². The fourth-order valence-electron chi connectivity index (χ4n) is 8.13. The highest BCUT2D eigenvalue weighted by Gasteiger charge is 2.50. The molecule has 9 rings (SSSR count). The second-order valence-corrected chi connectivity index (χ2v) is 16.0. The number of fused-ring (bicyclic) bond motifs is 1. The third kappa shape index (κ3) is 6.33. The van der Waals surface area contributed by atoms with Crippen molar-refractivity contribution in [3.63, 3.8) is 0 Å². The number of hydrogen-bond donors (Lipinski definition) is 2. The van der Waals surface area contributed by atoms with Crippen LogP contribution in [0, 0.1) is 5.41 Å². The van der Waals surface area contributed by atoms with Crippen molar-refractivity contribution in [3.8, 4) is 5.75 Å². The summed E-state index contributed by atoms with van der Waals surface area (Å²) in [6.45, 7) is 9.19. The van der Waals surface area contributed by atoms with Crippen molar-refractivity contribution in [1.82, 2.24) is 25.5 Å². The van der Waals surface area contributed by atoms with Gasteiger partial charge in [-0.05, 0) is 66.1 Å². The first-order valence-corrected chi connectivity index (χ1v) is 18.9. The van der Waals surface area contributed by atoms with Crippen LogP contribution in [-0.4, -0.2) is 95.9 Å². The predicted octanol–water partition coefficient (Wildman–Crippen LogP) is 3.24. The van der Waals surface area contributed by atoms with Crippen molar-refractivity contribution in [2.75, 3.05) is 49.2 Å². The lowest BCUT2D eigenvalue weighted by atomic mass is 9.78. The summed E-state index contributed by atoms with van der Waals surface area (Å²) in [6, 6.07) is 21.5. The quantitative estimate of drug-likeness (QED) is 0.229. The first kappa shape index (κ1) is 35.5. The smallest absolute Gasteiger partial charge is 0.262 e. The molecular weight excluding hydrogens is 715 g/mol. The molecule has 4 fully saturated rings. The Labute approximate surface area is 323 Å². The molecule has 1 spiro atoms. The van der Waals surface area contributed by atoms with Crippen LogP contribution in [0.15, 0.2) is 79.0 Å². The lowest BCUT2D eigenvalue weighted by molar-refractivity contribution is -0.136. The summed E-state index contributed by atoms with van der Waals surface area (Å²) in [5.41, 5.74) is 4.71. The standard InChI is InChI=1S/C42H41N7O7/c1-41(2,27-7-10-31(11-8-27)56-20-28-15-16-43-40(45-28)48-21-42(22-48)23-55-24-42)26-5-3-25(4-6-26)36(51)44-29-18-47(19-29)30-9-12-32-33(17-30)39(54)49(38(32)53)34-13-14-35(50)46-37(34)52/h3-12,15-17,29,34H,13-14,18-24H2,1-2H3,(H,44,51)(H,46,50,52). The first-order chi connectivity index (χ1) is 27.0. The van der Waals surface area contributed by atoms with E-state index in [-0.39, 0.29) is 41.3 Å². The van der Waals surface area contributed by atoms with E-state index in [2.05, 4.69) is 46.5 Å². The van der Waals surface area contributed by atoms with Gasteiger partial charge in [0, 0.05) is 55.5 Å². The maximum absolute atomic E-state index is 13.2. The SMILES string of the molecule is CC(C)(c1ccc(OCc2ccnc(N3CC4(COC4)C3)n2)cc1)c1ccc(C(=O)NC2CN(c3ccc4c(c3)C(=O)N(C3CCC(=O)NC3=O)C4=O)C2)cc1. The Kier molecular flexibility index (Phi) is 8.60. The summed E-state index contributed by atoms with van der Waals surface area (Å²) in [4.78, 5) is 77.8. The van der Waals surface area contributed by atoms with E-state index >= 15 is 0 Å². The lowest BCUT2D eigenvalue weighted by Crippen LogP contribution is -2.66. The number of carbonyl (C=O) groups is 5. The Morgan fingerprint density at radius 1 is 0.911 bits per heavy atom. The molecule has 2 N–H and O–H groups in total. The molecule has 14 nitrogen and oxygen atoms in total. The van der Waals surface area contributed by atoms with Crippen LogP contribution in [0.25, 0.3) is 0 Å².